The van der Waals surface area contributed by atoms with Crippen molar-refractivity contribution in [1.82, 2.24) is 15.1 Å². The molecule has 3 fully saturated rings. The number of piperazine rings is 1. The van der Waals surface area contributed by atoms with E-state index in [1.165, 1.54) is 50.8 Å². The van der Waals surface area contributed by atoms with E-state index in [4.69, 9.17) is 27.9 Å². The largest absolute Gasteiger partial charge is 0.491 e. The van der Waals surface area contributed by atoms with Crippen molar-refractivity contribution in [3.63, 3.8) is 0 Å². The summed E-state index contributed by atoms with van der Waals surface area (Å²) in [5, 5.41) is 4.79. The molecule has 42 heavy (non-hydrogen) atoms. The van der Waals surface area contributed by atoms with Crippen molar-refractivity contribution in [2.24, 2.45) is 0 Å². The molecule has 1 saturated carbocycles. The molecule has 1 N–H and O–H groups in total. The molecule has 0 amide bonds. The fourth-order valence-electron chi connectivity index (χ4n) is 7.45. The molecule has 2 heterocycles. The predicted molar refractivity (Wildman–Crippen MR) is 174 cm³/mol. The lowest BCUT2D eigenvalue weighted by atomic mass is 9.70. The van der Waals surface area contributed by atoms with E-state index < -0.39 is 0 Å². The molecular formula is C35H49Cl2N3O2. The monoisotopic (exact) mass is 613 g/mol. The van der Waals surface area contributed by atoms with Crippen molar-refractivity contribution in [3.05, 3.63) is 63.6 Å². The number of nitrogens with one attached hydrogen (secondary N) is 1. The molecule has 230 valence electrons. The van der Waals surface area contributed by atoms with Crippen LogP contribution in [0.3, 0.4) is 0 Å². The zero-order valence-electron chi connectivity index (χ0n) is 25.6. The van der Waals surface area contributed by atoms with E-state index in [0.717, 1.165) is 69.2 Å². The molecular weight excluding hydrogens is 565 g/mol. The maximum atomic E-state index is 13.8. The van der Waals surface area contributed by atoms with Gasteiger partial charge in [0.05, 0.1) is 22.2 Å². The van der Waals surface area contributed by atoms with Crippen LogP contribution < -0.4 is 10.1 Å². The first kappa shape index (κ1) is 31.8. The third-order valence-electron chi connectivity index (χ3n) is 9.79. The van der Waals surface area contributed by atoms with Gasteiger partial charge in [-0.2, -0.15) is 0 Å². The molecule has 0 spiro atoms. The van der Waals surface area contributed by atoms with Crippen LogP contribution in [0.5, 0.6) is 5.75 Å². The Balaban J connectivity index is 1.29. The average Bonchev–Trinajstić information content (AvgIpc) is 3.22. The summed E-state index contributed by atoms with van der Waals surface area (Å²) in [6.07, 6.45) is 11.3. The molecule has 7 heteroatoms. The number of nitrogens with zero attached hydrogens (tertiary/aromatic N) is 2. The predicted octanol–water partition coefficient (Wildman–Crippen LogP) is 7.31. The zero-order valence-corrected chi connectivity index (χ0v) is 27.1. The Morgan fingerprint density at radius 3 is 2.52 bits per heavy atom. The lowest BCUT2D eigenvalue weighted by Crippen LogP contribution is -2.51. The number of benzene rings is 2. The van der Waals surface area contributed by atoms with Crippen LogP contribution in [0.1, 0.15) is 82.8 Å². The summed E-state index contributed by atoms with van der Waals surface area (Å²) in [7, 11) is 0. The van der Waals surface area contributed by atoms with Gasteiger partial charge in [0, 0.05) is 38.6 Å². The number of ether oxygens (including phenoxy) is 1. The van der Waals surface area contributed by atoms with Gasteiger partial charge in [0.1, 0.15) is 5.75 Å². The van der Waals surface area contributed by atoms with Gasteiger partial charge >= 0.3 is 0 Å². The first-order valence-corrected chi connectivity index (χ1v) is 17.0. The standard InChI is InChI=1S/C35H49Cl2N3O2/c1-26(2)42-30-11-6-8-27(22-30)23-34(41)33-25-35(14-7-16-38-33,28-12-13-31(36)32(37)24-28)15-17-39-18-20-40(21-19-39)29-9-4-3-5-10-29/h6,8,11-13,22,24,26,29,33,38H,3-5,7,9-10,14-21,23,25H2,1-2H3. The highest BCUT2D eigenvalue weighted by Crippen LogP contribution is 2.42. The van der Waals surface area contributed by atoms with E-state index in [9.17, 15) is 4.79 Å². The topological polar surface area (TPSA) is 44.8 Å². The number of halogens is 2. The van der Waals surface area contributed by atoms with Gasteiger partial charge < -0.3 is 15.0 Å². The zero-order chi connectivity index (χ0) is 29.5. The van der Waals surface area contributed by atoms with Crippen LogP contribution in [0.2, 0.25) is 10.0 Å². The normalized spacial score (nSPS) is 24.9. The number of hydrogen-bond donors (Lipinski definition) is 1. The molecule has 2 aromatic carbocycles. The Hall–Kier alpha value is -1.63. The number of carbonyl (C=O) groups excluding carboxylic acids is 1. The molecule has 2 saturated heterocycles. The molecule has 2 atom stereocenters. The van der Waals surface area contributed by atoms with Crippen LogP contribution in [0.25, 0.3) is 0 Å². The van der Waals surface area contributed by atoms with Gasteiger partial charge in [0.15, 0.2) is 5.78 Å². The van der Waals surface area contributed by atoms with Crippen LogP contribution in [-0.2, 0) is 16.6 Å². The van der Waals surface area contributed by atoms with Gasteiger partial charge in [-0.1, -0.05) is 60.7 Å². The SMILES string of the molecule is CC(C)Oc1cccc(CC(=O)C2CC(CCN3CCN(C4CCCCC4)CC3)(c3ccc(Cl)c(Cl)c3)CCCN2)c1. The Labute approximate surface area is 263 Å². The maximum Gasteiger partial charge on any atom is 0.154 e. The number of carbonyl (C=O) groups is 1. The Morgan fingerprint density at radius 1 is 1.00 bits per heavy atom. The molecule has 3 aliphatic rings. The third kappa shape index (κ3) is 8.30. The van der Waals surface area contributed by atoms with Crippen molar-refractivity contribution in [1.29, 1.82) is 0 Å². The molecule has 0 radical (unpaired) electrons. The van der Waals surface area contributed by atoms with Crippen LogP contribution >= 0.6 is 23.2 Å². The van der Waals surface area contributed by atoms with Gasteiger partial charge in [-0.15, -0.1) is 0 Å². The number of hydrogen-bond acceptors (Lipinski definition) is 5. The van der Waals surface area contributed by atoms with Gasteiger partial charge in [0.2, 0.25) is 0 Å². The summed E-state index contributed by atoms with van der Waals surface area (Å²) >= 11 is 13.0. The minimum atomic E-state index is -0.209. The molecule has 2 unspecified atom stereocenters. The van der Waals surface area contributed by atoms with Crippen molar-refractivity contribution >= 4 is 29.0 Å². The van der Waals surface area contributed by atoms with E-state index >= 15 is 0 Å². The van der Waals surface area contributed by atoms with Gasteiger partial charge in [-0.25, -0.2) is 0 Å². The van der Waals surface area contributed by atoms with Gasteiger partial charge in [-0.05, 0) is 106 Å². The number of rotatable bonds is 10. The smallest absolute Gasteiger partial charge is 0.154 e. The van der Waals surface area contributed by atoms with Gasteiger partial charge in [-0.3, -0.25) is 9.69 Å². The molecule has 2 aliphatic heterocycles. The summed E-state index contributed by atoms with van der Waals surface area (Å²) in [6.45, 7) is 10.5. The van der Waals surface area contributed by atoms with E-state index in [1.807, 2.05) is 44.2 Å². The lowest BCUT2D eigenvalue weighted by molar-refractivity contribution is -0.120. The third-order valence-corrected chi connectivity index (χ3v) is 10.5. The highest BCUT2D eigenvalue weighted by molar-refractivity contribution is 6.42. The van der Waals surface area contributed by atoms with Crippen LogP contribution in [0.15, 0.2) is 42.5 Å². The molecule has 5 nitrogen and oxygen atoms in total. The second kappa shape index (κ2) is 14.9. The van der Waals surface area contributed by atoms with Crippen molar-refractivity contribution in [2.75, 3.05) is 39.3 Å². The molecule has 0 bridgehead atoms. The van der Waals surface area contributed by atoms with E-state index in [2.05, 4.69) is 27.2 Å². The fraction of sp³-hybridized carbons (Fsp3) is 0.629. The lowest BCUT2D eigenvalue weighted by Gasteiger charge is -2.42. The van der Waals surface area contributed by atoms with E-state index in [1.54, 1.807) is 0 Å². The fourth-order valence-corrected chi connectivity index (χ4v) is 7.75. The highest BCUT2D eigenvalue weighted by atomic mass is 35.5. The summed E-state index contributed by atoms with van der Waals surface area (Å²) in [6, 6.07) is 14.7. The first-order chi connectivity index (χ1) is 20.3. The second-order valence-corrected chi connectivity index (χ2v) is 13.9. The van der Waals surface area contributed by atoms with E-state index in [-0.39, 0.29) is 23.3 Å². The van der Waals surface area contributed by atoms with Crippen LogP contribution in [-0.4, -0.2) is 73.0 Å². The van der Waals surface area contributed by atoms with Crippen molar-refractivity contribution in [3.8, 4) is 5.75 Å². The number of Topliss-reactive ketones (excluding diaryl/α,β-unsaturated/α-hetero) is 1. The van der Waals surface area contributed by atoms with Crippen LogP contribution in [0.4, 0.5) is 0 Å². The summed E-state index contributed by atoms with van der Waals surface area (Å²) in [4.78, 5) is 19.2. The first-order valence-electron chi connectivity index (χ1n) is 16.2. The molecule has 0 aromatic heterocycles. The Morgan fingerprint density at radius 2 is 1.79 bits per heavy atom. The minimum absolute atomic E-state index is 0.0986. The molecule has 2 aromatic rings. The summed E-state index contributed by atoms with van der Waals surface area (Å²) in [5.74, 6) is 1.06. The Bertz CT molecular complexity index is 1180. The highest BCUT2D eigenvalue weighted by Gasteiger charge is 2.39. The average molecular weight is 615 g/mol. The summed E-state index contributed by atoms with van der Waals surface area (Å²) in [5.41, 5.74) is 2.08. The number of ketones is 1. The maximum absolute atomic E-state index is 13.8. The van der Waals surface area contributed by atoms with Crippen molar-refractivity contribution in [2.45, 2.75) is 102 Å². The van der Waals surface area contributed by atoms with Crippen LogP contribution in [0, 0.1) is 0 Å². The summed E-state index contributed by atoms with van der Waals surface area (Å²) < 4.78 is 5.89. The minimum Gasteiger partial charge on any atom is -0.491 e. The van der Waals surface area contributed by atoms with Gasteiger partial charge in [0.25, 0.3) is 0 Å². The van der Waals surface area contributed by atoms with Crippen molar-refractivity contribution < 1.29 is 9.53 Å². The quantitative estimate of drug-likeness (QED) is 0.304. The van der Waals surface area contributed by atoms with E-state index in [0.29, 0.717) is 16.5 Å². The molecule has 1 aliphatic carbocycles. The molecule has 5 rings (SSSR count). The second-order valence-electron chi connectivity index (χ2n) is 13.1. The Kier molecular flexibility index (Phi) is 11.3.